The molecule has 0 spiro atoms. The number of carbonyl (C=O) groups is 1. The Morgan fingerprint density at radius 1 is 1.18 bits per heavy atom. The second kappa shape index (κ2) is 9.94. The number of carboxylic acids is 1. The molecule has 0 aliphatic carbocycles. The number of hydrogen-bond donors (Lipinski definition) is 1. The average Bonchev–Trinajstić information content (AvgIpc) is 2.46. The lowest BCUT2D eigenvalue weighted by atomic mass is 9.99. The van der Waals surface area contributed by atoms with Crippen molar-refractivity contribution < 1.29 is 9.90 Å². The molecule has 0 amide bonds. The molecule has 0 aliphatic heterocycles. The van der Waals surface area contributed by atoms with Gasteiger partial charge in [-0.25, -0.2) is 0 Å². The van der Waals surface area contributed by atoms with Gasteiger partial charge in [0.05, 0.1) is 6.42 Å². The van der Waals surface area contributed by atoms with E-state index in [4.69, 9.17) is 5.11 Å². The molecule has 1 rings (SSSR count). The third kappa shape index (κ3) is 6.43. The van der Waals surface area contributed by atoms with Crippen LogP contribution in [0.2, 0.25) is 0 Å². The molecule has 2 nitrogen and oxygen atoms in total. The molecule has 1 atom stereocenters. The van der Waals surface area contributed by atoms with Crippen molar-refractivity contribution in [2.45, 2.75) is 65.6 Å². The number of thioether (sulfide) groups is 1. The van der Waals surface area contributed by atoms with Gasteiger partial charge in [-0.3, -0.25) is 4.79 Å². The highest BCUT2D eigenvalue weighted by Gasteiger charge is 2.10. The third-order valence-corrected chi connectivity index (χ3v) is 5.51. The van der Waals surface area contributed by atoms with E-state index in [-0.39, 0.29) is 6.42 Å². The summed E-state index contributed by atoms with van der Waals surface area (Å²) < 4.78 is 0. The second-order valence-electron chi connectivity index (χ2n) is 6.21. The van der Waals surface area contributed by atoms with Gasteiger partial charge in [-0.2, -0.15) is 11.8 Å². The van der Waals surface area contributed by atoms with E-state index < -0.39 is 5.97 Å². The van der Waals surface area contributed by atoms with E-state index in [0.29, 0.717) is 0 Å². The summed E-state index contributed by atoms with van der Waals surface area (Å²) >= 11 is 2.02. The van der Waals surface area contributed by atoms with Gasteiger partial charge in [0.25, 0.3) is 0 Å². The second-order valence-corrected chi connectivity index (χ2v) is 7.24. The molecule has 3 heteroatoms. The Labute approximate surface area is 139 Å². The van der Waals surface area contributed by atoms with Crippen molar-refractivity contribution in [3.8, 4) is 0 Å². The quantitative estimate of drug-likeness (QED) is 0.628. The molecule has 0 aliphatic rings. The van der Waals surface area contributed by atoms with Crippen LogP contribution >= 0.6 is 11.8 Å². The molecule has 1 aromatic carbocycles. The Kier molecular flexibility index (Phi) is 8.62. The monoisotopic (exact) mass is 322 g/mol. The average molecular weight is 323 g/mol. The molecule has 124 valence electrons. The minimum atomic E-state index is -0.758. The number of aryl methyl sites for hydroxylation is 2. The molecule has 1 aromatic rings. The van der Waals surface area contributed by atoms with Crippen LogP contribution in [0.25, 0.3) is 0 Å². The van der Waals surface area contributed by atoms with E-state index in [0.717, 1.165) is 22.8 Å². The maximum atomic E-state index is 10.9. The van der Waals surface area contributed by atoms with Crippen molar-refractivity contribution >= 4 is 17.7 Å². The molecule has 0 radical (unpaired) electrons. The highest BCUT2D eigenvalue weighted by molar-refractivity contribution is 7.98. The lowest BCUT2D eigenvalue weighted by Gasteiger charge is -2.15. The molecular formula is C19H30O2S. The zero-order valence-corrected chi connectivity index (χ0v) is 15.3. The number of benzene rings is 1. The fraction of sp³-hybridized carbons (Fsp3) is 0.632. The van der Waals surface area contributed by atoms with Crippen LogP contribution in [0.5, 0.6) is 0 Å². The summed E-state index contributed by atoms with van der Waals surface area (Å²) in [5.41, 5.74) is 4.60. The first kappa shape index (κ1) is 19.1. The highest BCUT2D eigenvalue weighted by Crippen LogP contribution is 2.25. The molecule has 0 bridgehead atoms. The van der Waals surface area contributed by atoms with Crippen molar-refractivity contribution in [2.75, 3.05) is 5.75 Å². The summed E-state index contributed by atoms with van der Waals surface area (Å²) in [5.74, 6) is 2.33. The van der Waals surface area contributed by atoms with Gasteiger partial charge < -0.3 is 5.11 Å². The van der Waals surface area contributed by atoms with E-state index in [2.05, 4.69) is 26.8 Å². The van der Waals surface area contributed by atoms with Gasteiger partial charge in [0.1, 0.15) is 0 Å². The molecule has 0 saturated heterocycles. The standard InChI is InChI=1S/C19H30O2S/c1-5-7-8-16(6-2)12-22-13-18-10-14(3)17(9-15(18)4)11-19(20)21/h9-10,16H,5-8,11-13H2,1-4H3,(H,20,21). The van der Waals surface area contributed by atoms with Crippen LogP contribution in [0.15, 0.2) is 12.1 Å². The Morgan fingerprint density at radius 2 is 1.82 bits per heavy atom. The fourth-order valence-corrected chi connectivity index (χ4v) is 4.06. The molecule has 0 fully saturated rings. The van der Waals surface area contributed by atoms with E-state index in [1.54, 1.807) is 0 Å². The van der Waals surface area contributed by atoms with Crippen molar-refractivity contribution in [3.63, 3.8) is 0 Å². The predicted octanol–water partition coefficient (Wildman–Crippen LogP) is 5.38. The Balaban J connectivity index is 2.59. The van der Waals surface area contributed by atoms with Crippen molar-refractivity contribution in [2.24, 2.45) is 5.92 Å². The largest absolute Gasteiger partial charge is 0.481 e. The van der Waals surface area contributed by atoms with Gasteiger partial charge in [0, 0.05) is 5.75 Å². The molecule has 0 heterocycles. The van der Waals surface area contributed by atoms with E-state index in [1.807, 2.05) is 24.8 Å². The summed E-state index contributed by atoms with van der Waals surface area (Å²) in [7, 11) is 0. The zero-order valence-electron chi connectivity index (χ0n) is 14.4. The Hall–Kier alpha value is -0.960. The normalized spacial score (nSPS) is 12.4. The molecule has 0 aromatic heterocycles. The first-order chi connectivity index (χ1) is 10.5. The third-order valence-electron chi connectivity index (χ3n) is 4.29. The van der Waals surface area contributed by atoms with E-state index in [9.17, 15) is 4.79 Å². The van der Waals surface area contributed by atoms with Crippen LogP contribution in [-0.4, -0.2) is 16.8 Å². The van der Waals surface area contributed by atoms with Crippen molar-refractivity contribution in [3.05, 3.63) is 34.4 Å². The number of hydrogen-bond acceptors (Lipinski definition) is 2. The minimum absolute atomic E-state index is 0.120. The fourth-order valence-electron chi connectivity index (χ4n) is 2.68. The van der Waals surface area contributed by atoms with Gasteiger partial charge in [0.2, 0.25) is 0 Å². The van der Waals surface area contributed by atoms with Gasteiger partial charge in [0.15, 0.2) is 0 Å². The molecular weight excluding hydrogens is 292 g/mol. The molecule has 1 N–H and O–H groups in total. The molecule has 0 saturated carbocycles. The zero-order chi connectivity index (χ0) is 16.5. The first-order valence-electron chi connectivity index (χ1n) is 8.36. The van der Waals surface area contributed by atoms with Gasteiger partial charge in [-0.15, -0.1) is 0 Å². The van der Waals surface area contributed by atoms with Crippen LogP contribution in [0.1, 0.15) is 61.8 Å². The lowest BCUT2D eigenvalue weighted by molar-refractivity contribution is -0.136. The van der Waals surface area contributed by atoms with Crippen molar-refractivity contribution in [1.82, 2.24) is 0 Å². The SMILES string of the molecule is CCCCC(CC)CSCc1cc(C)c(CC(=O)O)cc1C. The van der Waals surface area contributed by atoms with Gasteiger partial charge in [-0.1, -0.05) is 45.2 Å². The number of carboxylic acid groups (broad SMARTS) is 1. The summed E-state index contributed by atoms with van der Waals surface area (Å²) in [4.78, 5) is 10.9. The van der Waals surface area contributed by atoms with Crippen LogP contribution < -0.4 is 0 Å². The van der Waals surface area contributed by atoms with E-state index in [1.165, 1.54) is 42.6 Å². The maximum absolute atomic E-state index is 10.9. The summed E-state index contributed by atoms with van der Waals surface area (Å²) in [6, 6.07) is 4.22. The summed E-state index contributed by atoms with van der Waals surface area (Å²) in [6.07, 6.45) is 5.35. The van der Waals surface area contributed by atoms with Crippen LogP contribution in [0.4, 0.5) is 0 Å². The first-order valence-corrected chi connectivity index (χ1v) is 9.51. The number of unbranched alkanes of at least 4 members (excludes halogenated alkanes) is 1. The lowest BCUT2D eigenvalue weighted by Crippen LogP contribution is -2.05. The molecule has 22 heavy (non-hydrogen) atoms. The maximum Gasteiger partial charge on any atom is 0.307 e. The van der Waals surface area contributed by atoms with Crippen LogP contribution in [0, 0.1) is 19.8 Å². The van der Waals surface area contributed by atoms with E-state index >= 15 is 0 Å². The highest BCUT2D eigenvalue weighted by atomic mass is 32.2. The predicted molar refractivity (Wildman–Crippen MR) is 96.7 cm³/mol. The number of rotatable bonds is 10. The van der Waals surface area contributed by atoms with Gasteiger partial charge in [-0.05, 0) is 54.2 Å². The topological polar surface area (TPSA) is 37.3 Å². The Morgan fingerprint density at radius 3 is 2.41 bits per heavy atom. The number of aliphatic carboxylic acids is 1. The Bertz CT molecular complexity index is 483. The van der Waals surface area contributed by atoms with Gasteiger partial charge >= 0.3 is 5.97 Å². The van der Waals surface area contributed by atoms with Crippen molar-refractivity contribution in [1.29, 1.82) is 0 Å². The van der Waals surface area contributed by atoms with Crippen LogP contribution in [0.3, 0.4) is 0 Å². The minimum Gasteiger partial charge on any atom is -0.481 e. The summed E-state index contributed by atoms with van der Waals surface area (Å²) in [5, 5.41) is 8.95. The molecule has 1 unspecified atom stereocenters. The van der Waals surface area contributed by atoms with Crippen LogP contribution in [-0.2, 0) is 17.0 Å². The smallest absolute Gasteiger partial charge is 0.307 e. The summed E-state index contributed by atoms with van der Waals surface area (Å²) in [6.45, 7) is 8.65.